The van der Waals surface area contributed by atoms with Gasteiger partial charge < -0.3 is 4.74 Å². The lowest BCUT2D eigenvalue weighted by molar-refractivity contribution is -0.727. The molecule has 5 heteroatoms. The Morgan fingerprint density at radius 3 is 2.06 bits per heavy atom. The van der Waals surface area contributed by atoms with Crippen molar-refractivity contribution in [2.45, 2.75) is 110 Å². The fourth-order valence-electron chi connectivity index (χ4n) is 4.31. The second-order valence-corrected chi connectivity index (χ2v) is 9.89. The molecule has 0 aliphatic heterocycles. The first-order chi connectivity index (χ1) is 17.1. The highest BCUT2D eigenvalue weighted by Crippen LogP contribution is 2.23. The molecule has 0 radical (unpaired) electrons. The molecule has 35 heavy (non-hydrogen) atoms. The van der Waals surface area contributed by atoms with Crippen LogP contribution in [0.15, 0.2) is 48.8 Å². The summed E-state index contributed by atoms with van der Waals surface area (Å²) in [5.41, 5.74) is 0.815. The summed E-state index contributed by atoms with van der Waals surface area (Å²) in [5.74, 6) is 0.730. The van der Waals surface area contributed by atoms with Crippen LogP contribution >= 0.6 is 11.6 Å². The summed E-state index contributed by atoms with van der Waals surface area (Å²) in [6.07, 6.45) is 20.9. The first kappa shape index (κ1) is 29.2. The number of rotatable bonds is 19. The molecule has 1 N–H and O–H groups in total. The molecule has 194 valence electrons. The number of carbonyl (C=O) groups excluding carboxylic acids is 1. The van der Waals surface area contributed by atoms with E-state index in [1.165, 1.54) is 70.6 Å². The summed E-state index contributed by atoms with van der Waals surface area (Å²) in [6, 6.07) is 11.5. The first-order valence-corrected chi connectivity index (χ1v) is 14.2. The standard InChI is InChI=1S/C30H45ClN2O2/c1-3-5-6-7-8-9-10-11-12-13-14-18-23-35-27-20-19-26(28(31)25-27)24-30(34)32-29(4-2)33-21-16-15-17-22-33/h15-17,19-22,25,29H,3-14,18,23-24H2,1-2H3/p+1. The van der Waals surface area contributed by atoms with E-state index in [0.717, 1.165) is 24.2 Å². The number of benzene rings is 1. The Hall–Kier alpha value is -2.07. The molecule has 1 heterocycles. The third-order valence-corrected chi connectivity index (χ3v) is 6.81. The van der Waals surface area contributed by atoms with Crippen molar-refractivity contribution in [1.29, 1.82) is 0 Å². The predicted octanol–water partition coefficient (Wildman–Crippen LogP) is 7.97. The number of nitrogens with one attached hydrogen (secondary N) is 1. The fourth-order valence-corrected chi connectivity index (χ4v) is 4.55. The summed E-state index contributed by atoms with van der Waals surface area (Å²) in [7, 11) is 0. The number of aromatic nitrogens is 1. The summed E-state index contributed by atoms with van der Waals surface area (Å²) >= 11 is 6.45. The van der Waals surface area contributed by atoms with E-state index in [0.29, 0.717) is 11.6 Å². The van der Waals surface area contributed by atoms with Gasteiger partial charge in [0.2, 0.25) is 12.1 Å². The van der Waals surface area contributed by atoms with Crippen LogP contribution in [0.3, 0.4) is 0 Å². The highest BCUT2D eigenvalue weighted by Gasteiger charge is 2.19. The lowest BCUT2D eigenvalue weighted by Gasteiger charge is -2.13. The summed E-state index contributed by atoms with van der Waals surface area (Å²) in [6.45, 7) is 5.04. The molecule has 0 bridgehead atoms. The van der Waals surface area contributed by atoms with Gasteiger partial charge in [-0.3, -0.25) is 10.1 Å². The Labute approximate surface area is 218 Å². The van der Waals surface area contributed by atoms with Gasteiger partial charge in [0, 0.05) is 23.6 Å². The Morgan fingerprint density at radius 1 is 0.886 bits per heavy atom. The van der Waals surface area contributed by atoms with Crippen LogP contribution in [0.1, 0.15) is 109 Å². The number of unbranched alkanes of at least 4 members (excludes halogenated alkanes) is 11. The van der Waals surface area contributed by atoms with Gasteiger partial charge in [-0.15, -0.1) is 0 Å². The second kappa shape index (κ2) is 18.2. The van der Waals surface area contributed by atoms with Crippen molar-refractivity contribution in [3.63, 3.8) is 0 Å². The normalized spacial score (nSPS) is 11.9. The fraction of sp³-hybridized carbons (Fsp3) is 0.600. The Kier molecular flexibility index (Phi) is 15.2. The van der Waals surface area contributed by atoms with Gasteiger partial charge >= 0.3 is 0 Å². The maximum atomic E-state index is 12.6. The van der Waals surface area contributed by atoms with E-state index < -0.39 is 0 Å². The van der Waals surface area contributed by atoms with Gasteiger partial charge in [0.15, 0.2) is 12.4 Å². The molecule has 0 saturated heterocycles. The molecule has 0 aliphatic carbocycles. The van der Waals surface area contributed by atoms with Crippen molar-refractivity contribution >= 4 is 17.5 Å². The number of pyridine rings is 1. The smallest absolute Gasteiger partial charge is 0.233 e. The van der Waals surface area contributed by atoms with Crippen LogP contribution in [-0.4, -0.2) is 12.5 Å². The van der Waals surface area contributed by atoms with E-state index in [1.807, 2.05) is 53.4 Å². The van der Waals surface area contributed by atoms with Gasteiger partial charge in [-0.2, -0.15) is 4.57 Å². The number of hydrogen-bond donors (Lipinski definition) is 1. The molecule has 1 aromatic heterocycles. The highest BCUT2D eigenvalue weighted by molar-refractivity contribution is 6.31. The molecular formula is C30H46ClN2O2+. The lowest BCUT2D eigenvalue weighted by atomic mass is 10.1. The molecule has 0 saturated carbocycles. The maximum Gasteiger partial charge on any atom is 0.233 e. The van der Waals surface area contributed by atoms with Crippen LogP contribution < -0.4 is 14.6 Å². The Balaban J connectivity index is 1.59. The molecule has 4 nitrogen and oxygen atoms in total. The van der Waals surface area contributed by atoms with E-state index in [-0.39, 0.29) is 18.5 Å². The van der Waals surface area contributed by atoms with Crippen LogP contribution in [0.2, 0.25) is 5.02 Å². The lowest BCUT2D eigenvalue weighted by Crippen LogP contribution is -2.49. The number of halogens is 1. The summed E-state index contributed by atoms with van der Waals surface area (Å²) < 4.78 is 7.90. The van der Waals surface area contributed by atoms with E-state index in [1.54, 1.807) is 0 Å². The van der Waals surface area contributed by atoms with Crippen LogP contribution in [0.25, 0.3) is 0 Å². The van der Waals surface area contributed by atoms with Crippen molar-refractivity contribution < 1.29 is 14.1 Å². The van der Waals surface area contributed by atoms with Gasteiger partial charge in [-0.05, 0) is 24.1 Å². The molecule has 1 aromatic carbocycles. The monoisotopic (exact) mass is 501 g/mol. The third-order valence-electron chi connectivity index (χ3n) is 6.45. The van der Waals surface area contributed by atoms with E-state index >= 15 is 0 Å². The van der Waals surface area contributed by atoms with Gasteiger partial charge in [-0.1, -0.05) is 108 Å². The average molecular weight is 502 g/mol. The molecule has 1 unspecified atom stereocenters. The quantitative estimate of drug-likeness (QED) is 0.156. The number of hydrogen-bond acceptors (Lipinski definition) is 2. The zero-order chi connectivity index (χ0) is 25.1. The zero-order valence-corrected chi connectivity index (χ0v) is 22.7. The number of carbonyl (C=O) groups is 1. The van der Waals surface area contributed by atoms with Crippen LogP contribution in [-0.2, 0) is 11.2 Å². The number of amides is 1. The predicted molar refractivity (Wildman–Crippen MR) is 146 cm³/mol. The Morgan fingerprint density at radius 2 is 1.49 bits per heavy atom. The number of ether oxygens (including phenoxy) is 1. The summed E-state index contributed by atoms with van der Waals surface area (Å²) in [4.78, 5) is 12.6. The van der Waals surface area contributed by atoms with Crippen molar-refractivity contribution in [1.82, 2.24) is 5.32 Å². The van der Waals surface area contributed by atoms with Crippen molar-refractivity contribution in [3.05, 3.63) is 59.4 Å². The minimum absolute atomic E-state index is 0.0414. The molecule has 1 atom stereocenters. The van der Waals surface area contributed by atoms with Crippen molar-refractivity contribution in [2.75, 3.05) is 6.61 Å². The topological polar surface area (TPSA) is 42.2 Å². The molecule has 1 amide bonds. The minimum atomic E-state index is -0.0689. The van der Waals surface area contributed by atoms with E-state index in [9.17, 15) is 4.79 Å². The highest BCUT2D eigenvalue weighted by atomic mass is 35.5. The van der Waals surface area contributed by atoms with E-state index in [4.69, 9.17) is 16.3 Å². The second-order valence-electron chi connectivity index (χ2n) is 9.48. The van der Waals surface area contributed by atoms with Crippen molar-refractivity contribution in [2.24, 2.45) is 0 Å². The third kappa shape index (κ3) is 12.5. The molecular weight excluding hydrogens is 456 g/mol. The molecule has 0 spiro atoms. The molecule has 0 aliphatic rings. The van der Waals surface area contributed by atoms with Crippen molar-refractivity contribution in [3.8, 4) is 5.75 Å². The van der Waals surface area contributed by atoms with Gasteiger partial charge in [0.25, 0.3) is 0 Å². The molecule has 2 aromatic rings. The van der Waals surface area contributed by atoms with E-state index in [2.05, 4.69) is 19.2 Å². The SMILES string of the molecule is CCCCCCCCCCCCCCOc1ccc(CC(=O)NC(CC)[n+]2ccccc2)c(Cl)c1. The van der Waals surface area contributed by atoms with Crippen LogP contribution in [0, 0.1) is 0 Å². The molecule has 0 fully saturated rings. The van der Waals surface area contributed by atoms with Gasteiger partial charge in [0.05, 0.1) is 13.0 Å². The zero-order valence-electron chi connectivity index (χ0n) is 21.9. The summed E-state index contributed by atoms with van der Waals surface area (Å²) in [5, 5.41) is 3.66. The van der Waals surface area contributed by atoms with Crippen LogP contribution in [0.5, 0.6) is 5.75 Å². The van der Waals surface area contributed by atoms with Gasteiger partial charge in [-0.25, -0.2) is 0 Å². The number of nitrogens with zero attached hydrogens (tertiary/aromatic N) is 1. The largest absolute Gasteiger partial charge is 0.494 e. The average Bonchev–Trinajstić information content (AvgIpc) is 2.87. The maximum absolute atomic E-state index is 12.6. The minimum Gasteiger partial charge on any atom is -0.494 e. The molecule has 2 rings (SSSR count). The first-order valence-electron chi connectivity index (χ1n) is 13.8. The Bertz CT molecular complexity index is 828. The van der Waals surface area contributed by atoms with Gasteiger partial charge in [0.1, 0.15) is 5.75 Å². The van der Waals surface area contributed by atoms with Crippen LogP contribution in [0.4, 0.5) is 0 Å².